The molecule has 3 heteroatoms. The van der Waals surface area contributed by atoms with Crippen LogP contribution in [-0.2, 0) is 0 Å². The van der Waals surface area contributed by atoms with Crippen molar-refractivity contribution in [2.24, 2.45) is 0 Å². The van der Waals surface area contributed by atoms with Crippen molar-refractivity contribution in [3.8, 4) is 17.0 Å². The molecule has 0 saturated heterocycles. The van der Waals surface area contributed by atoms with E-state index < -0.39 is 0 Å². The van der Waals surface area contributed by atoms with Crippen molar-refractivity contribution in [3.05, 3.63) is 60.4 Å². The molecule has 2 aromatic carbocycles. The van der Waals surface area contributed by atoms with Crippen LogP contribution in [0, 0.1) is 5.82 Å². The van der Waals surface area contributed by atoms with Crippen LogP contribution in [0.25, 0.3) is 22.2 Å². The maximum atomic E-state index is 14.2. The molecule has 0 saturated carbocycles. The van der Waals surface area contributed by atoms with Crippen LogP contribution >= 0.6 is 0 Å². The van der Waals surface area contributed by atoms with E-state index in [0.29, 0.717) is 17.9 Å². The third-order valence-electron chi connectivity index (χ3n) is 4.83. The lowest BCUT2D eigenvalue weighted by Crippen LogP contribution is -2.00. The van der Waals surface area contributed by atoms with Gasteiger partial charge in [-0.3, -0.25) is 0 Å². The molecule has 0 aliphatic heterocycles. The smallest absolute Gasteiger partial charge is 0.132 e. The first-order valence-electron chi connectivity index (χ1n) is 10.1. The molecule has 0 spiro atoms. The van der Waals surface area contributed by atoms with Crippen LogP contribution in [0.2, 0.25) is 0 Å². The second kappa shape index (κ2) is 10.1. The molecular formula is C24H28FNO. The highest BCUT2D eigenvalue weighted by Gasteiger charge is 2.11. The average molecular weight is 365 g/mol. The fraction of sp³-hybridized carbons (Fsp3) is 0.375. The second-order valence-electron chi connectivity index (χ2n) is 6.97. The number of nitrogens with zero attached hydrogens (tertiary/aromatic N) is 1. The Morgan fingerprint density at radius 1 is 0.852 bits per heavy atom. The molecule has 0 N–H and O–H groups in total. The van der Waals surface area contributed by atoms with Crippen molar-refractivity contribution in [1.82, 2.24) is 4.98 Å². The summed E-state index contributed by atoms with van der Waals surface area (Å²) in [6.07, 6.45) is 8.74. The number of rotatable bonds is 10. The van der Waals surface area contributed by atoms with Crippen molar-refractivity contribution in [2.75, 3.05) is 6.61 Å². The summed E-state index contributed by atoms with van der Waals surface area (Å²) in [4.78, 5) is 4.63. The molecule has 142 valence electrons. The summed E-state index contributed by atoms with van der Waals surface area (Å²) in [5.74, 6) is 0.517. The fourth-order valence-electron chi connectivity index (χ4n) is 3.31. The fourth-order valence-corrected chi connectivity index (χ4v) is 3.31. The number of benzene rings is 2. The Kier molecular flexibility index (Phi) is 7.20. The van der Waals surface area contributed by atoms with Crippen molar-refractivity contribution in [3.63, 3.8) is 0 Å². The normalized spacial score (nSPS) is 11.0. The Labute approximate surface area is 161 Å². The lowest BCUT2D eigenvalue weighted by molar-refractivity contribution is 0.307. The zero-order valence-corrected chi connectivity index (χ0v) is 16.1. The number of unbranched alkanes of at least 4 members (excludes halogenated alkanes) is 6. The first-order chi connectivity index (χ1) is 13.3. The monoisotopic (exact) mass is 365 g/mol. The molecule has 0 unspecified atom stereocenters. The molecule has 3 rings (SSSR count). The standard InChI is InChI=1S/C24H28FNO/c1-2-3-4-5-6-7-12-17-27-24-18-23(19-13-8-10-15-21(19)25)26-22-16-11-9-14-20(22)24/h8-11,13-16,18H,2-7,12,17H2,1H3. The Morgan fingerprint density at radius 2 is 1.56 bits per heavy atom. The van der Waals surface area contributed by atoms with E-state index in [0.717, 1.165) is 23.1 Å². The minimum Gasteiger partial charge on any atom is -0.493 e. The number of para-hydroxylation sites is 1. The third-order valence-corrected chi connectivity index (χ3v) is 4.83. The number of hydrogen-bond acceptors (Lipinski definition) is 2. The molecule has 0 radical (unpaired) electrons. The van der Waals surface area contributed by atoms with E-state index in [-0.39, 0.29) is 5.82 Å². The Bertz CT molecular complexity index is 862. The third kappa shape index (κ3) is 5.29. The number of ether oxygens (including phenoxy) is 1. The molecule has 0 atom stereocenters. The lowest BCUT2D eigenvalue weighted by atomic mass is 10.1. The number of aromatic nitrogens is 1. The summed E-state index contributed by atoms with van der Waals surface area (Å²) in [5, 5.41) is 0.973. The molecule has 0 bridgehead atoms. The van der Waals surface area contributed by atoms with Gasteiger partial charge in [0.2, 0.25) is 0 Å². The van der Waals surface area contributed by atoms with E-state index in [2.05, 4.69) is 11.9 Å². The van der Waals surface area contributed by atoms with E-state index >= 15 is 0 Å². The van der Waals surface area contributed by atoms with Gasteiger partial charge < -0.3 is 4.74 Å². The molecular weight excluding hydrogens is 337 g/mol. The summed E-state index contributed by atoms with van der Waals surface area (Å²) in [7, 11) is 0. The van der Waals surface area contributed by atoms with Crippen LogP contribution in [0.4, 0.5) is 4.39 Å². The van der Waals surface area contributed by atoms with Gasteiger partial charge in [-0.1, -0.05) is 69.7 Å². The van der Waals surface area contributed by atoms with Gasteiger partial charge in [-0.2, -0.15) is 0 Å². The highest BCUT2D eigenvalue weighted by Crippen LogP contribution is 2.31. The molecule has 27 heavy (non-hydrogen) atoms. The van der Waals surface area contributed by atoms with Crippen LogP contribution in [-0.4, -0.2) is 11.6 Å². The topological polar surface area (TPSA) is 22.1 Å². The van der Waals surface area contributed by atoms with Crippen molar-refractivity contribution < 1.29 is 9.13 Å². The first-order valence-corrected chi connectivity index (χ1v) is 10.1. The van der Waals surface area contributed by atoms with Crippen LogP contribution in [0.3, 0.4) is 0 Å². The maximum absolute atomic E-state index is 14.2. The highest BCUT2D eigenvalue weighted by molar-refractivity contribution is 5.87. The Hall–Kier alpha value is -2.42. The zero-order chi connectivity index (χ0) is 18.9. The maximum Gasteiger partial charge on any atom is 0.132 e. The second-order valence-corrected chi connectivity index (χ2v) is 6.97. The van der Waals surface area contributed by atoms with Crippen LogP contribution < -0.4 is 4.74 Å². The molecule has 0 aliphatic carbocycles. The lowest BCUT2D eigenvalue weighted by Gasteiger charge is -2.12. The van der Waals surface area contributed by atoms with Crippen molar-refractivity contribution in [2.45, 2.75) is 51.9 Å². The first kappa shape index (κ1) is 19.3. The van der Waals surface area contributed by atoms with Gasteiger partial charge in [0.1, 0.15) is 11.6 Å². The van der Waals surface area contributed by atoms with Gasteiger partial charge in [-0.05, 0) is 30.7 Å². The van der Waals surface area contributed by atoms with E-state index in [1.165, 1.54) is 44.6 Å². The van der Waals surface area contributed by atoms with Crippen LogP contribution in [0.15, 0.2) is 54.6 Å². The number of pyridine rings is 1. The van der Waals surface area contributed by atoms with Gasteiger partial charge in [0.05, 0.1) is 17.8 Å². The predicted octanol–water partition coefficient (Wildman–Crippen LogP) is 7.17. The molecule has 0 amide bonds. The molecule has 3 aromatic rings. The summed E-state index contributed by atoms with van der Waals surface area (Å²) >= 11 is 0. The van der Waals surface area contributed by atoms with Gasteiger partial charge in [-0.15, -0.1) is 0 Å². The van der Waals surface area contributed by atoms with Crippen LogP contribution in [0.5, 0.6) is 5.75 Å². The van der Waals surface area contributed by atoms with Gasteiger partial charge in [0.25, 0.3) is 0 Å². The minimum atomic E-state index is -0.265. The molecule has 2 nitrogen and oxygen atoms in total. The quantitative estimate of drug-likeness (QED) is 0.355. The molecule has 1 aromatic heterocycles. The van der Waals surface area contributed by atoms with Gasteiger partial charge >= 0.3 is 0 Å². The minimum absolute atomic E-state index is 0.265. The Balaban J connectivity index is 1.70. The summed E-state index contributed by atoms with van der Waals surface area (Å²) < 4.78 is 20.3. The highest BCUT2D eigenvalue weighted by atomic mass is 19.1. The number of halogens is 1. The van der Waals surface area contributed by atoms with E-state index in [1.54, 1.807) is 12.1 Å². The van der Waals surface area contributed by atoms with E-state index in [4.69, 9.17) is 4.74 Å². The van der Waals surface area contributed by atoms with E-state index in [9.17, 15) is 4.39 Å². The molecule has 1 heterocycles. The Morgan fingerprint density at radius 3 is 2.37 bits per heavy atom. The van der Waals surface area contributed by atoms with Gasteiger partial charge in [-0.25, -0.2) is 9.37 Å². The van der Waals surface area contributed by atoms with Gasteiger partial charge in [0, 0.05) is 17.0 Å². The van der Waals surface area contributed by atoms with Gasteiger partial charge in [0.15, 0.2) is 0 Å². The zero-order valence-electron chi connectivity index (χ0n) is 16.1. The largest absolute Gasteiger partial charge is 0.493 e. The average Bonchev–Trinajstić information content (AvgIpc) is 2.70. The molecule has 0 aliphatic rings. The number of hydrogen-bond donors (Lipinski definition) is 0. The van der Waals surface area contributed by atoms with E-state index in [1.807, 2.05) is 36.4 Å². The van der Waals surface area contributed by atoms with Crippen molar-refractivity contribution >= 4 is 10.9 Å². The number of fused-ring (bicyclic) bond motifs is 1. The SMILES string of the molecule is CCCCCCCCCOc1cc(-c2ccccc2F)nc2ccccc12. The summed E-state index contributed by atoms with van der Waals surface area (Å²) in [6, 6.07) is 16.5. The summed E-state index contributed by atoms with van der Waals surface area (Å²) in [5.41, 5.74) is 1.94. The predicted molar refractivity (Wildman–Crippen MR) is 111 cm³/mol. The van der Waals surface area contributed by atoms with Crippen LogP contribution in [0.1, 0.15) is 51.9 Å². The van der Waals surface area contributed by atoms with Crippen molar-refractivity contribution in [1.29, 1.82) is 0 Å². The summed E-state index contributed by atoms with van der Waals surface area (Å²) in [6.45, 7) is 2.92. The molecule has 0 fully saturated rings.